The minimum Gasteiger partial charge on any atom is -0.327 e. The van der Waals surface area contributed by atoms with Gasteiger partial charge in [0, 0.05) is 18.2 Å². The van der Waals surface area contributed by atoms with Crippen molar-refractivity contribution < 1.29 is 4.79 Å². The molecule has 0 bridgehead atoms. The van der Waals surface area contributed by atoms with Crippen molar-refractivity contribution in [3.63, 3.8) is 0 Å². The molecule has 0 aromatic heterocycles. The summed E-state index contributed by atoms with van der Waals surface area (Å²) in [6.07, 6.45) is 0.365. The van der Waals surface area contributed by atoms with Gasteiger partial charge < -0.3 is 11.1 Å². The zero-order valence-electron chi connectivity index (χ0n) is 11.7. The Hall–Kier alpha value is -1.35. The molecule has 18 heavy (non-hydrogen) atoms. The Morgan fingerprint density at radius 3 is 2.39 bits per heavy atom. The van der Waals surface area contributed by atoms with Crippen molar-refractivity contribution in [2.75, 3.05) is 5.32 Å². The monoisotopic (exact) mass is 248 g/mol. The van der Waals surface area contributed by atoms with E-state index >= 15 is 0 Å². The molecule has 0 fully saturated rings. The number of benzene rings is 1. The molecule has 3 heteroatoms. The predicted octanol–water partition coefficient (Wildman–Crippen LogP) is 3.12. The smallest absolute Gasteiger partial charge is 0.225 e. The summed E-state index contributed by atoms with van der Waals surface area (Å²) in [6, 6.07) is 7.82. The summed E-state index contributed by atoms with van der Waals surface area (Å²) >= 11 is 0. The molecule has 1 rings (SSSR count). The first-order valence-corrected chi connectivity index (χ1v) is 6.56. The molecule has 1 amide bonds. The summed E-state index contributed by atoms with van der Waals surface area (Å²) in [5, 5.41) is 2.96. The fourth-order valence-corrected chi connectivity index (χ4v) is 1.77. The maximum absolute atomic E-state index is 11.9. The third-order valence-electron chi connectivity index (χ3n) is 3.13. The molecule has 0 radical (unpaired) electrons. The summed E-state index contributed by atoms with van der Waals surface area (Å²) in [5.74, 6) is 0.695. The van der Waals surface area contributed by atoms with Crippen LogP contribution < -0.4 is 11.1 Å². The first-order chi connectivity index (χ1) is 8.41. The van der Waals surface area contributed by atoms with Crippen LogP contribution in [0.5, 0.6) is 0 Å². The highest BCUT2D eigenvalue weighted by Gasteiger charge is 2.14. The van der Waals surface area contributed by atoms with Crippen molar-refractivity contribution in [1.82, 2.24) is 0 Å². The van der Waals surface area contributed by atoms with Gasteiger partial charge in [-0.2, -0.15) is 0 Å². The molecule has 0 aliphatic heterocycles. The lowest BCUT2D eigenvalue weighted by Crippen LogP contribution is -2.31. The van der Waals surface area contributed by atoms with Crippen LogP contribution in [0.4, 0.5) is 5.69 Å². The second-order valence-corrected chi connectivity index (χ2v) is 5.40. The highest BCUT2D eigenvalue weighted by atomic mass is 16.1. The normalized spacial score (nSPS) is 12.8. The molecular weight excluding hydrogens is 224 g/mol. The van der Waals surface area contributed by atoms with Crippen LogP contribution in [0.15, 0.2) is 24.3 Å². The molecule has 0 spiro atoms. The third-order valence-corrected chi connectivity index (χ3v) is 3.13. The Morgan fingerprint density at radius 2 is 1.83 bits per heavy atom. The van der Waals surface area contributed by atoms with Crippen LogP contribution >= 0.6 is 0 Å². The van der Waals surface area contributed by atoms with Crippen LogP contribution in [0.2, 0.25) is 0 Å². The number of carbonyl (C=O) groups is 1. The van der Waals surface area contributed by atoms with Crippen LogP contribution in [0, 0.1) is 5.92 Å². The van der Waals surface area contributed by atoms with Crippen LogP contribution in [0.25, 0.3) is 0 Å². The van der Waals surface area contributed by atoms with Gasteiger partial charge in [-0.15, -0.1) is 0 Å². The molecule has 3 N–H and O–H groups in total. The fourth-order valence-electron chi connectivity index (χ4n) is 1.77. The number of amides is 1. The lowest BCUT2D eigenvalue weighted by molar-refractivity contribution is -0.116. The van der Waals surface area contributed by atoms with E-state index in [-0.39, 0.29) is 11.9 Å². The molecule has 0 heterocycles. The van der Waals surface area contributed by atoms with Gasteiger partial charge in [-0.1, -0.05) is 45.9 Å². The molecule has 0 saturated carbocycles. The highest BCUT2D eigenvalue weighted by molar-refractivity contribution is 5.92. The van der Waals surface area contributed by atoms with Gasteiger partial charge in [0.25, 0.3) is 0 Å². The van der Waals surface area contributed by atoms with Crippen molar-refractivity contribution in [1.29, 1.82) is 0 Å². The van der Waals surface area contributed by atoms with Gasteiger partial charge in [-0.25, -0.2) is 0 Å². The number of carbonyl (C=O) groups excluding carboxylic acids is 1. The van der Waals surface area contributed by atoms with Crippen molar-refractivity contribution in [3.05, 3.63) is 29.8 Å². The SMILES string of the molecule is CC(C)c1ccccc1NC(=O)CC(N)C(C)C. The van der Waals surface area contributed by atoms with Gasteiger partial charge >= 0.3 is 0 Å². The molecule has 1 unspecified atom stereocenters. The van der Waals surface area contributed by atoms with Crippen molar-refractivity contribution in [3.8, 4) is 0 Å². The Kier molecular flexibility index (Phi) is 5.35. The first-order valence-electron chi connectivity index (χ1n) is 6.56. The molecule has 3 nitrogen and oxygen atoms in total. The minimum atomic E-state index is -0.0868. The summed E-state index contributed by atoms with van der Waals surface area (Å²) < 4.78 is 0. The molecule has 0 saturated heterocycles. The highest BCUT2D eigenvalue weighted by Crippen LogP contribution is 2.23. The van der Waals surface area contributed by atoms with E-state index in [9.17, 15) is 4.79 Å². The Bertz CT molecular complexity index is 399. The van der Waals surface area contributed by atoms with E-state index in [1.165, 1.54) is 0 Å². The van der Waals surface area contributed by atoms with Gasteiger partial charge in [-0.3, -0.25) is 4.79 Å². The second-order valence-electron chi connectivity index (χ2n) is 5.40. The van der Waals surface area contributed by atoms with Crippen LogP contribution in [0.3, 0.4) is 0 Å². The third kappa shape index (κ3) is 4.15. The number of nitrogens with one attached hydrogen (secondary N) is 1. The lowest BCUT2D eigenvalue weighted by atomic mass is 10.00. The van der Waals surface area contributed by atoms with Gasteiger partial charge in [0.2, 0.25) is 5.91 Å². The van der Waals surface area contributed by atoms with Gasteiger partial charge in [0.1, 0.15) is 0 Å². The number of nitrogens with two attached hydrogens (primary N) is 1. The standard InChI is InChI=1S/C15H24N2O/c1-10(2)12-7-5-6-8-14(12)17-15(18)9-13(16)11(3)4/h5-8,10-11,13H,9,16H2,1-4H3,(H,17,18). The number of hydrogen-bond acceptors (Lipinski definition) is 2. The number of rotatable bonds is 5. The Morgan fingerprint density at radius 1 is 1.22 bits per heavy atom. The Labute approximate surface area is 110 Å². The van der Waals surface area contributed by atoms with E-state index in [2.05, 4.69) is 19.2 Å². The van der Waals surface area contributed by atoms with Crippen molar-refractivity contribution in [2.45, 2.75) is 46.1 Å². The zero-order chi connectivity index (χ0) is 13.7. The van der Waals surface area contributed by atoms with Crippen molar-refractivity contribution >= 4 is 11.6 Å². The maximum atomic E-state index is 11.9. The van der Waals surface area contributed by atoms with Gasteiger partial charge in [0.15, 0.2) is 0 Å². The molecule has 0 aliphatic rings. The molecule has 1 atom stereocenters. The lowest BCUT2D eigenvalue weighted by Gasteiger charge is -2.17. The summed E-state index contributed by atoms with van der Waals surface area (Å²) in [4.78, 5) is 11.9. The first kappa shape index (κ1) is 14.7. The van der Waals surface area contributed by atoms with Crippen molar-refractivity contribution in [2.24, 2.45) is 11.7 Å². The summed E-state index contributed by atoms with van der Waals surface area (Å²) in [5.41, 5.74) is 7.96. The van der Waals surface area contributed by atoms with Gasteiger partial charge in [0.05, 0.1) is 0 Å². The van der Waals surface area contributed by atoms with E-state index < -0.39 is 0 Å². The van der Waals surface area contributed by atoms with E-state index in [1.54, 1.807) is 0 Å². The molecule has 1 aromatic carbocycles. The number of para-hydroxylation sites is 1. The molecule has 1 aromatic rings. The minimum absolute atomic E-state index is 0.00991. The summed E-state index contributed by atoms with van der Waals surface area (Å²) in [6.45, 7) is 8.29. The molecular formula is C15H24N2O. The predicted molar refractivity (Wildman–Crippen MR) is 76.6 cm³/mol. The molecule has 100 valence electrons. The zero-order valence-corrected chi connectivity index (χ0v) is 11.7. The quantitative estimate of drug-likeness (QED) is 0.841. The average Bonchev–Trinajstić information content (AvgIpc) is 2.28. The van der Waals surface area contributed by atoms with Crippen LogP contribution in [-0.4, -0.2) is 11.9 Å². The maximum Gasteiger partial charge on any atom is 0.225 e. The van der Waals surface area contributed by atoms with Gasteiger partial charge in [-0.05, 0) is 23.5 Å². The average molecular weight is 248 g/mol. The van der Waals surface area contributed by atoms with Crippen LogP contribution in [-0.2, 0) is 4.79 Å². The number of hydrogen-bond donors (Lipinski definition) is 2. The Balaban J connectivity index is 2.70. The largest absolute Gasteiger partial charge is 0.327 e. The van der Waals surface area contributed by atoms with E-state index in [1.807, 2.05) is 38.1 Å². The fraction of sp³-hybridized carbons (Fsp3) is 0.533. The summed E-state index contributed by atoms with van der Waals surface area (Å²) in [7, 11) is 0. The molecule has 0 aliphatic carbocycles. The topological polar surface area (TPSA) is 55.1 Å². The van der Waals surface area contributed by atoms with E-state index in [0.717, 1.165) is 11.3 Å². The second kappa shape index (κ2) is 6.55. The van der Waals surface area contributed by atoms with Crippen LogP contribution in [0.1, 0.15) is 45.6 Å². The van der Waals surface area contributed by atoms with E-state index in [4.69, 9.17) is 5.73 Å². The number of anilines is 1. The van der Waals surface area contributed by atoms with E-state index in [0.29, 0.717) is 18.3 Å².